The fourth-order valence-corrected chi connectivity index (χ4v) is 2.51. The van der Waals surface area contributed by atoms with Crippen molar-refractivity contribution in [3.8, 4) is 17.2 Å². The Balaban J connectivity index is 3.74. The number of ether oxygens (including phenoxy) is 1. The van der Waals surface area contributed by atoms with Gasteiger partial charge in [0.1, 0.15) is 5.75 Å². The first-order chi connectivity index (χ1) is 8.36. The van der Waals surface area contributed by atoms with Crippen LogP contribution in [0.1, 0.15) is 63.1 Å². The van der Waals surface area contributed by atoms with Gasteiger partial charge in [-0.1, -0.05) is 34.6 Å². The van der Waals surface area contributed by atoms with Gasteiger partial charge in [-0.05, 0) is 18.3 Å². The van der Waals surface area contributed by atoms with E-state index in [1.807, 2.05) is 34.6 Å². The zero-order valence-electron chi connectivity index (χ0n) is 12.2. The van der Waals surface area contributed by atoms with Crippen LogP contribution in [0.15, 0.2) is 0 Å². The molecule has 102 valence electrons. The van der Waals surface area contributed by atoms with Crippen molar-refractivity contribution in [3.63, 3.8) is 0 Å². The summed E-state index contributed by atoms with van der Waals surface area (Å²) in [6.07, 6.45) is 0.718. The van der Waals surface area contributed by atoms with Crippen LogP contribution >= 0.6 is 0 Å². The molecule has 0 fully saturated rings. The van der Waals surface area contributed by atoms with E-state index >= 15 is 0 Å². The lowest BCUT2D eigenvalue weighted by Gasteiger charge is -2.23. The van der Waals surface area contributed by atoms with E-state index in [9.17, 15) is 10.2 Å². The molecule has 1 rings (SSSR count). The summed E-state index contributed by atoms with van der Waals surface area (Å²) in [5, 5.41) is 20.7. The lowest BCUT2D eigenvalue weighted by molar-refractivity contribution is 0.355. The average molecular weight is 252 g/mol. The van der Waals surface area contributed by atoms with Crippen LogP contribution in [0.4, 0.5) is 0 Å². The Morgan fingerprint density at radius 1 is 0.944 bits per heavy atom. The maximum atomic E-state index is 10.4. The molecule has 0 heterocycles. The molecule has 0 radical (unpaired) electrons. The Morgan fingerprint density at radius 3 is 1.78 bits per heavy atom. The zero-order chi connectivity index (χ0) is 14.0. The molecule has 0 aliphatic heterocycles. The van der Waals surface area contributed by atoms with Crippen molar-refractivity contribution in [2.45, 2.75) is 52.9 Å². The second kappa shape index (κ2) is 5.51. The van der Waals surface area contributed by atoms with Crippen molar-refractivity contribution in [3.05, 3.63) is 16.7 Å². The molecule has 0 bridgehead atoms. The highest BCUT2D eigenvalue weighted by Gasteiger charge is 2.26. The number of hydrogen-bond donors (Lipinski definition) is 2. The number of phenolic OH excluding ortho intramolecular Hbond substituents is 2. The highest BCUT2D eigenvalue weighted by atomic mass is 16.5. The molecule has 3 nitrogen and oxygen atoms in total. The Kier molecular flexibility index (Phi) is 4.49. The molecule has 0 unspecified atom stereocenters. The van der Waals surface area contributed by atoms with Crippen LogP contribution in [0.5, 0.6) is 17.2 Å². The quantitative estimate of drug-likeness (QED) is 0.854. The summed E-state index contributed by atoms with van der Waals surface area (Å²) < 4.78 is 5.36. The Bertz CT molecular complexity index is 403. The zero-order valence-corrected chi connectivity index (χ0v) is 12.2. The summed E-state index contributed by atoms with van der Waals surface area (Å²) in [5.41, 5.74) is 2.36. The molecule has 1 aromatic rings. The van der Waals surface area contributed by atoms with E-state index in [2.05, 4.69) is 0 Å². The molecule has 0 atom stereocenters. The number of phenols is 2. The van der Waals surface area contributed by atoms with Gasteiger partial charge in [0.25, 0.3) is 0 Å². The molecule has 18 heavy (non-hydrogen) atoms. The summed E-state index contributed by atoms with van der Waals surface area (Å²) >= 11 is 0. The minimum Gasteiger partial charge on any atom is -0.507 e. The molecule has 0 saturated carbocycles. The molecule has 0 amide bonds. The van der Waals surface area contributed by atoms with Crippen molar-refractivity contribution in [2.75, 3.05) is 7.11 Å². The molecular weight excluding hydrogens is 228 g/mol. The minimum atomic E-state index is 0.0467. The monoisotopic (exact) mass is 252 g/mol. The molecule has 0 aliphatic carbocycles. The Labute approximate surface area is 109 Å². The number of methoxy groups -OCH3 is 1. The van der Waals surface area contributed by atoms with Crippen molar-refractivity contribution in [2.24, 2.45) is 0 Å². The summed E-state index contributed by atoms with van der Waals surface area (Å²) in [7, 11) is 1.56. The minimum absolute atomic E-state index is 0.0467. The molecule has 1 aromatic carbocycles. The van der Waals surface area contributed by atoms with Crippen LogP contribution < -0.4 is 4.74 Å². The first-order valence-electron chi connectivity index (χ1n) is 6.51. The van der Waals surface area contributed by atoms with Gasteiger partial charge in [-0.15, -0.1) is 0 Å². The van der Waals surface area contributed by atoms with Crippen LogP contribution in [-0.2, 0) is 6.42 Å². The van der Waals surface area contributed by atoms with Crippen molar-refractivity contribution in [1.29, 1.82) is 0 Å². The van der Waals surface area contributed by atoms with Crippen LogP contribution in [-0.4, -0.2) is 17.3 Å². The highest BCUT2D eigenvalue weighted by Crippen LogP contribution is 2.48. The van der Waals surface area contributed by atoms with Gasteiger partial charge in [-0.2, -0.15) is 0 Å². The molecule has 0 aliphatic rings. The van der Waals surface area contributed by atoms with Gasteiger partial charge in [0.05, 0.1) is 7.11 Å². The van der Waals surface area contributed by atoms with E-state index in [1.54, 1.807) is 7.11 Å². The summed E-state index contributed by atoms with van der Waals surface area (Å²) in [4.78, 5) is 0. The normalized spacial score (nSPS) is 11.3. The van der Waals surface area contributed by atoms with E-state index in [-0.39, 0.29) is 23.3 Å². The topological polar surface area (TPSA) is 49.7 Å². The predicted octanol–water partition coefficient (Wildman–Crippen LogP) is 3.92. The molecular formula is C15H24O3. The number of benzene rings is 1. The van der Waals surface area contributed by atoms with E-state index in [0.717, 1.165) is 17.5 Å². The van der Waals surface area contributed by atoms with Crippen LogP contribution in [0.2, 0.25) is 0 Å². The Morgan fingerprint density at radius 2 is 1.44 bits per heavy atom. The first kappa shape index (κ1) is 14.7. The molecule has 3 heteroatoms. The highest BCUT2D eigenvalue weighted by molar-refractivity contribution is 5.63. The summed E-state index contributed by atoms with van der Waals surface area (Å²) in [6, 6.07) is 0. The third kappa shape index (κ3) is 2.26. The standard InChI is InChI=1S/C15H24O3/c1-7-10-11(8(2)3)15(18-6)14(17)12(9(4)5)13(10)16/h8-9,16-17H,7H2,1-6H3. The van der Waals surface area contributed by atoms with Crippen molar-refractivity contribution < 1.29 is 14.9 Å². The summed E-state index contributed by atoms with van der Waals surface area (Å²) in [5.74, 6) is 1.03. The van der Waals surface area contributed by atoms with Gasteiger partial charge in [0.15, 0.2) is 11.5 Å². The van der Waals surface area contributed by atoms with Gasteiger partial charge < -0.3 is 14.9 Å². The smallest absolute Gasteiger partial charge is 0.165 e. The molecule has 2 N–H and O–H groups in total. The summed E-state index contributed by atoms with van der Waals surface area (Å²) in [6.45, 7) is 9.96. The van der Waals surface area contributed by atoms with Gasteiger partial charge in [0, 0.05) is 16.7 Å². The van der Waals surface area contributed by atoms with Gasteiger partial charge in [-0.25, -0.2) is 0 Å². The van der Waals surface area contributed by atoms with Crippen molar-refractivity contribution >= 4 is 0 Å². The predicted molar refractivity (Wildman–Crippen MR) is 73.9 cm³/mol. The first-order valence-corrected chi connectivity index (χ1v) is 6.51. The molecule has 0 spiro atoms. The average Bonchev–Trinajstić information content (AvgIpc) is 2.27. The molecule has 0 aromatic heterocycles. The largest absolute Gasteiger partial charge is 0.507 e. The van der Waals surface area contributed by atoms with Gasteiger partial charge in [-0.3, -0.25) is 0 Å². The van der Waals surface area contributed by atoms with Crippen LogP contribution in [0.3, 0.4) is 0 Å². The van der Waals surface area contributed by atoms with Crippen molar-refractivity contribution in [1.82, 2.24) is 0 Å². The lowest BCUT2D eigenvalue weighted by atomic mass is 9.87. The SMILES string of the molecule is CCc1c(O)c(C(C)C)c(O)c(OC)c1C(C)C. The molecule has 0 saturated heterocycles. The van der Waals surface area contributed by atoms with E-state index in [4.69, 9.17) is 4.74 Å². The fraction of sp³-hybridized carbons (Fsp3) is 0.600. The van der Waals surface area contributed by atoms with E-state index in [1.165, 1.54) is 0 Å². The number of hydrogen-bond acceptors (Lipinski definition) is 3. The van der Waals surface area contributed by atoms with E-state index in [0.29, 0.717) is 11.3 Å². The lowest BCUT2D eigenvalue weighted by Crippen LogP contribution is -2.04. The van der Waals surface area contributed by atoms with Gasteiger partial charge >= 0.3 is 0 Å². The number of aromatic hydroxyl groups is 2. The maximum absolute atomic E-state index is 10.4. The fourth-order valence-electron chi connectivity index (χ4n) is 2.51. The third-order valence-corrected chi connectivity index (χ3v) is 3.29. The third-order valence-electron chi connectivity index (χ3n) is 3.29. The van der Waals surface area contributed by atoms with E-state index < -0.39 is 0 Å². The van der Waals surface area contributed by atoms with Crippen LogP contribution in [0.25, 0.3) is 0 Å². The Hall–Kier alpha value is -1.38. The second-order valence-corrected chi connectivity index (χ2v) is 5.20. The van der Waals surface area contributed by atoms with Gasteiger partial charge in [0.2, 0.25) is 0 Å². The van der Waals surface area contributed by atoms with Crippen LogP contribution in [0, 0.1) is 0 Å². The second-order valence-electron chi connectivity index (χ2n) is 5.20. The maximum Gasteiger partial charge on any atom is 0.165 e. The number of rotatable bonds is 4.